The maximum absolute atomic E-state index is 13.1. The van der Waals surface area contributed by atoms with E-state index < -0.39 is 5.82 Å². The maximum Gasteiger partial charge on any atom is 0.322 e. The largest absolute Gasteiger partial charge is 0.423 e. The van der Waals surface area contributed by atoms with Crippen LogP contribution in [0.3, 0.4) is 0 Å². The number of aryl methyl sites for hydroxylation is 1. The van der Waals surface area contributed by atoms with Gasteiger partial charge in [0.05, 0.1) is 16.0 Å². The van der Waals surface area contributed by atoms with Gasteiger partial charge in [0.1, 0.15) is 11.6 Å². The topological polar surface area (TPSA) is 35.0 Å². The Bertz CT molecular complexity index is 580. The predicted octanol–water partition coefficient (Wildman–Crippen LogP) is 4.22. The van der Waals surface area contributed by atoms with E-state index in [0.29, 0.717) is 15.9 Å². The van der Waals surface area contributed by atoms with Crippen molar-refractivity contribution in [3.8, 4) is 11.8 Å². The first-order chi connectivity index (χ1) is 8.58. The molecule has 0 aliphatic heterocycles. The highest BCUT2D eigenvalue weighted by Crippen LogP contribution is 2.29. The Hall–Kier alpha value is -1.20. The van der Waals surface area contributed by atoms with E-state index in [-0.39, 0.29) is 11.9 Å². The van der Waals surface area contributed by atoms with Gasteiger partial charge in [0.25, 0.3) is 0 Å². The molecule has 1 aromatic carbocycles. The minimum atomic E-state index is -0.390. The highest BCUT2D eigenvalue weighted by Gasteiger charge is 2.08. The Morgan fingerprint density at radius 2 is 2.11 bits per heavy atom. The van der Waals surface area contributed by atoms with E-state index in [1.54, 1.807) is 12.1 Å². The van der Waals surface area contributed by atoms with Crippen molar-refractivity contribution in [2.45, 2.75) is 12.8 Å². The van der Waals surface area contributed by atoms with Crippen LogP contribution in [0.4, 0.5) is 4.39 Å². The molecule has 2 aromatic rings. The molecule has 2 rings (SSSR count). The van der Waals surface area contributed by atoms with Gasteiger partial charge in [-0.25, -0.2) is 9.37 Å². The molecule has 0 saturated heterocycles. The lowest BCUT2D eigenvalue weighted by atomic mass is 10.3. The second kappa shape index (κ2) is 5.63. The number of halogens is 3. The molecule has 0 amide bonds. The van der Waals surface area contributed by atoms with Gasteiger partial charge < -0.3 is 4.74 Å². The fourth-order valence-electron chi connectivity index (χ4n) is 1.37. The molecule has 6 heteroatoms. The quantitative estimate of drug-likeness (QED) is 0.790. The van der Waals surface area contributed by atoms with Crippen LogP contribution in [0.1, 0.15) is 11.4 Å². The van der Waals surface area contributed by atoms with E-state index in [4.69, 9.17) is 16.3 Å². The van der Waals surface area contributed by atoms with Crippen molar-refractivity contribution in [2.24, 2.45) is 0 Å². The van der Waals surface area contributed by atoms with Crippen LogP contribution in [0.5, 0.6) is 11.8 Å². The van der Waals surface area contributed by atoms with Crippen LogP contribution in [0, 0.1) is 12.7 Å². The van der Waals surface area contributed by atoms with Gasteiger partial charge in [-0.1, -0.05) is 0 Å². The van der Waals surface area contributed by atoms with Crippen LogP contribution < -0.4 is 4.74 Å². The summed E-state index contributed by atoms with van der Waals surface area (Å²) in [5, 5.41) is 0. The number of alkyl halides is 1. The summed E-state index contributed by atoms with van der Waals surface area (Å²) in [5.41, 5.74) is 1.40. The highest BCUT2D eigenvalue weighted by atomic mass is 79.9. The fourth-order valence-corrected chi connectivity index (χ4v) is 1.84. The first-order valence-corrected chi connectivity index (χ1v) is 6.44. The molecule has 0 unspecified atom stereocenters. The lowest BCUT2D eigenvalue weighted by Crippen LogP contribution is -1.98. The highest BCUT2D eigenvalue weighted by molar-refractivity contribution is 9.10. The van der Waals surface area contributed by atoms with Crippen LogP contribution in [-0.2, 0) is 5.88 Å². The summed E-state index contributed by atoms with van der Waals surface area (Å²) >= 11 is 8.98. The molecule has 3 nitrogen and oxygen atoms in total. The summed E-state index contributed by atoms with van der Waals surface area (Å²) in [6.07, 6.45) is 0. The van der Waals surface area contributed by atoms with Gasteiger partial charge in [-0.3, -0.25) is 0 Å². The Morgan fingerprint density at radius 3 is 2.83 bits per heavy atom. The van der Waals surface area contributed by atoms with Gasteiger partial charge in [-0.15, -0.1) is 11.6 Å². The lowest BCUT2D eigenvalue weighted by Gasteiger charge is -2.07. The smallest absolute Gasteiger partial charge is 0.322 e. The fraction of sp³-hybridized carbons (Fsp3) is 0.167. The van der Waals surface area contributed by atoms with Crippen LogP contribution in [-0.4, -0.2) is 9.97 Å². The number of rotatable bonds is 3. The second-order valence-corrected chi connectivity index (χ2v) is 4.72. The molecule has 0 saturated carbocycles. The summed E-state index contributed by atoms with van der Waals surface area (Å²) in [4.78, 5) is 8.22. The minimum Gasteiger partial charge on any atom is -0.423 e. The van der Waals surface area contributed by atoms with E-state index in [1.807, 2.05) is 6.92 Å². The van der Waals surface area contributed by atoms with Crippen molar-refractivity contribution in [3.63, 3.8) is 0 Å². The summed E-state index contributed by atoms with van der Waals surface area (Å²) < 4.78 is 19.2. The lowest BCUT2D eigenvalue weighted by molar-refractivity contribution is 0.432. The summed E-state index contributed by atoms with van der Waals surface area (Å²) in [5.74, 6) is 0.198. The van der Waals surface area contributed by atoms with E-state index >= 15 is 0 Å². The number of benzene rings is 1. The normalized spacial score (nSPS) is 10.4. The van der Waals surface area contributed by atoms with Crippen LogP contribution in [0.2, 0.25) is 0 Å². The molecule has 0 fully saturated rings. The molecule has 94 valence electrons. The maximum atomic E-state index is 13.1. The molecule has 0 aliphatic carbocycles. The molecule has 0 spiro atoms. The number of ether oxygens (including phenoxy) is 1. The van der Waals surface area contributed by atoms with Crippen molar-refractivity contribution in [3.05, 3.63) is 45.9 Å². The number of aromatic nitrogens is 2. The molecule has 0 atom stereocenters. The summed E-state index contributed by atoms with van der Waals surface area (Å²) in [7, 11) is 0. The summed E-state index contributed by atoms with van der Waals surface area (Å²) in [6, 6.07) is 6.06. The SMILES string of the molecule is Cc1cc(CCl)nc(Oc2cc(F)ccc2Br)n1. The molecule has 1 heterocycles. The van der Waals surface area contributed by atoms with Crippen LogP contribution in [0.25, 0.3) is 0 Å². The number of hydrogen-bond donors (Lipinski definition) is 0. The van der Waals surface area contributed by atoms with Crippen molar-refractivity contribution in [1.29, 1.82) is 0 Å². The minimum absolute atomic E-state index is 0.150. The van der Waals surface area contributed by atoms with Crippen LogP contribution in [0.15, 0.2) is 28.7 Å². The van der Waals surface area contributed by atoms with Crippen molar-refractivity contribution < 1.29 is 9.13 Å². The first kappa shape index (κ1) is 13.2. The second-order valence-electron chi connectivity index (χ2n) is 3.59. The van der Waals surface area contributed by atoms with Gasteiger partial charge in [0, 0.05) is 11.8 Å². The zero-order valence-electron chi connectivity index (χ0n) is 9.45. The number of hydrogen-bond acceptors (Lipinski definition) is 3. The van der Waals surface area contributed by atoms with E-state index in [0.717, 1.165) is 5.69 Å². The standard InChI is InChI=1S/C12H9BrClFN2O/c1-7-4-9(6-14)17-12(16-7)18-11-5-8(15)2-3-10(11)13/h2-5H,6H2,1H3. The average molecular weight is 332 g/mol. The molecule has 0 radical (unpaired) electrons. The molecule has 0 bridgehead atoms. The van der Waals surface area contributed by atoms with Crippen molar-refractivity contribution in [2.75, 3.05) is 0 Å². The molecule has 0 N–H and O–H groups in total. The summed E-state index contributed by atoms with van der Waals surface area (Å²) in [6.45, 7) is 1.81. The molecular formula is C12H9BrClFN2O. The van der Waals surface area contributed by atoms with E-state index in [2.05, 4.69) is 25.9 Å². The van der Waals surface area contributed by atoms with E-state index in [9.17, 15) is 4.39 Å². The van der Waals surface area contributed by atoms with Gasteiger partial charge in [0.2, 0.25) is 0 Å². The first-order valence-electron chi connectivity index (χ1n) is 5.12. The molecule has 1 aromatic heterocycles. The van der Waals surface area contributed by atoms with Crippen molar-refractivity contribution in [1.82, 2.24) is 9.97 Å². The molecular weight excluding hydrogens is 322 g/mol. The monoisotopic (exact) mass is 330 g/mol. The van der Waals surface area contributed by atoms with Gasteiger partial charge >= 0.3 is 6.01 Å². The molecule has 18 heavy (non-hydrogen) atoms. The Balaban J connectivity index is 2.33. The Kier molecular flexibility index (Phi) is 4.14. The third-order valence-corrected chi connectivity index (χ3v) is 3.05. The van der Waals surface area contributed by atoms with E-state index in [1.165, 1.54) is 12.1 Å². The van der Waals surface area contributed by atoms with Crippen molar-refractivity contribution >= 4 is 27.5 Å². The van der Waals surface area contributed by atoms with Gasteiger partial charge in [-0.05, 0) is 41.1 Å². The zero-order valence-corrected chi connectivity index (χ0v) is 11.8. The number of nitrogens with zero attached hydrogens (tertiary/aromatic N) is 2. The zero-order chi connectivity index (χ0) is 13.1. The predicted molar refractivity (Wildman–Crippen MR) is 70.5 cm³/mol. The molecule has 0 aliphatic rings. The van der Waals surface area contributed by atoms with Gasteiger partial charge in [-0.2, -0.15) is 4.98 Å². The van der Waals surface area contributed by atoms with Crippen LogP contribution >= 0.6 is 27.5 Å². The third-order valence-electron chi connectivity index (χ3n) is 2.12. The van der Waals surface area contributed by atoms with Gasteiger partial charge in [0.15, 0.2) is 0 Å². The average Bonchev–Trinajstić information content (AvgIpc) is 2.33. The Labute approximate surface area is 117 Å². The Morgan fingerprint density at radius 1 is 1.33 bits per heavy atom. The third kappa shape index (κ3) is 3.17.